The average molecular weight is 332 g/mol. The number of nitro groups is 1. The number of aromatic nitrogens is 2. The molecule has 0 radical (unpaired) electrons. The summed E-state index contributed by atoms with van der Waals surface area (Å²) in [5.74, 6) is -0.952. The van der Waals surface area contributed by atoms with Crippen molar-refractivity contribution in [1.29, 1.82) is 0 Å². The predicted octanol–water partition coefficient (Wildman–Crippen LogP) is 2.95. The highest BCUT2D eigenvalue weighted by Gasteiger charge is 2.30. The molecule has 0 saturated heterocycles. The minimum absolute atomic E-state index is 0.0583. The summed E-state index contributed by atoms with van der Waals surface area (Å²) in [6.45, 7) is 6.26. The van der Waals surface area contributed by atoms with E-state index in [-0.39, 0.29) is 17.3 Å². The standard InChI is InChI=1S/C16H20N4O4/c1-16(2,3)19-12-6-4-5-11(10(12)9-17-19)18-15(21)13-7-8-14(24-13)20(22)23/h7-9,11H,4-6H2,1-3H3,(H,18,21)/t11-/m1/s1. The largest absolute Gasteiger partial charge is 0.433 e. The van der Waals surface area contributed by atoms with Gasteiger partial charge in [0.25, 0.3) is 5.91 Å². The van der Waals surface area contributed by atoms with Crippen molar-refractivity contribution in [2.45, 2.75) is 51.6 Å². The zero-order chi connectivity index (χ0) is 17.5. The van der Waals surface area contributed by atoms with Crippen molar-refractivity contribution in [3.63, 3.8) is 0 Å². The van der Waals surface area contributed by atoms with Gasteiger partial charge in [-0.2, -0.15) is 5.10 Å². The van der Waals surface area contributed by atoms with Gasteiger partial charge in [0.1, 0.15) is 4.92 Å². The minimum Gasteiger partial charge on any atom is -0.395 e. The predicted molar refractivity (Wildman–Crippen MR) is 85.7 cm³/mol. The lowest BCUT2D eigenvalue weighted by atomic mass is 9.92. The molecule has 0 aromatic carbocycles. The van der Waals surface area contributed by atoms with E-state index in [0.717, 1.165) is 30.5 Å². The molecule has 2 aromatic heterocycles. The average Bonchev–Trinajstić information content (AvgIpc) is 3.14. The van der Waals surface area contributed by atoms with Gasteiger partial charge in [0.05, 0.1) is 23.8 Å². The second-order valence-electron chi connectivity index (χ2n) is 6.94. The summed E-state index contributed by atoms with van der Waals surface area (Å²) >= 11 is 0. The molecular formula is C16H20N4O4. The Morgan fingerprint density at radius 3 is 2.83 bits per heavy atom. The first-order chi connectivity index (χ1) is 11.3. The number of rotatable bonds is 3. The monoisotopic (exact) mass is 332 g/mol. The Hall–Kier alpha value is -2.64. The number of amides is 1. The number of nitrogens with one attached hydrogen (secondary N) is 1. The van der Waals surface area contributed by atoms with Crippen LogP contribution < -0.4 is 5.32 Å². The fraction of sp³-hybridized carbons (Fsp3) is 0.500. The molecule has 1 aliphatic rings. The lowest BCUT2D eigenvalue weighted by molar-refractivity contribution is -0.402. The van der Waals surface area contributed by atoms with Crippen molar-refractivity contribution < 1.29 is 14.1 Å². The van der Waals surface area contributed by atoms with Crippen LogP contribution in [0, 0.1) is 10.1 Å². The van der Waals surface area contributed by atoms with Gasteiger partial charge in [-0.05, 0) is 46.1 Å². The van der Waals surface area contributed by atoms with E-state index in [4.69, 9.17) is 4.42 Å². The fourth-order valence-electron chi connectivity index (χ4n) is 3.06. The second-order valence-corrected chi connectivity index (χ2v) is 6.94. The Labute approximate surface area is 139 Å². The Balaban J connectivity index is 1.81. The summed E-state index contributed by atoms with van der Waals surface area (Å²) in [6.07, 6.45) is 4.47. The normalized spacial score (nSPS) is 17.4. The maximum Gasteiger partial charge on any atom is 0.433 e. The Morgan fingerprint density at radius 1 is 1.46 bits per heavy atom. The Bertz CT molecular complexity index is 784. The summed E-state index contributed by atoms with van der Waals surface area (Å²) < 4.78 is 6.96. The van der Waals surface area contributed by atoms with Gasteiger partial charge in [-0.1, -0.05) is 0 Å². The third-order valence-corrected chi connectivity index (χ3v) is 4.12. The van der Waals surface area contributed by atoms with Gasteiger partial charge in [-0.25, -0.2) is 0 Å². The van der Waals surface area contributed by atoms with Crippen LogP contribution in [0.4, 0.5) is 5.88 Å². The summed E-state index contributed by atoms with van der Waals surface area (Å²) in [7, 11) is 0. The zero-order valence-corrected chi connectivity index (χ0v) is 13.9. The lowest BCUT2D eigenvalue weighted by Crippen LogP contribution is -2.32. The van der Waals surface area contributed by atoms with Gasteiger partial charge in [0, 0.05) is 11.3 Å². The van der Waals surface area contributed by atoms with Crippen molar-refractivity contribution in [2.24, 2.45) is 0 Å². The number of nitrogens with zero attached hydrogens (tertiary/aromatic N) is 3. The maximum absolute atomic E-state index is 12.3. The highest BCUT2D eigenvalue weighted by atomic mass is 16.6. The number of carbonyl (C=O) groups excluding carboxylic acids is 1. The topological polar surface area (TPSA) is 103 Å². The summed E-state index contributed by atoms with van der Waals surface area (Å²) in [6, 6.07) is 2.33. The highest BCUT2D eigenvalue weighted by Crippen LogP contribution is 2.32. The fourth-order valence-corrected chi connectivity index (χ4v) is 3.06. The van der Waals surface area contributed by atoms with E-state index in [9.17, 15) is 14.9 Å². The molecule has 0 bridgehead atoms. The first-order valence-corrected chi connectivity index (χ1v) is 7.90. The van der Waals surface area contributed by atoms with Crippen LogP contribution in [0.15, 0.2) is 22.7 Å². The Morgan fingerprint density at radius 2 is 2.21 bits per heavy atom. The van der Waals surface area contributed by atoms with Crippen molar-refractivity contribution in [3.05, 3.63) is 45.5 Å². The number of carbonyl (C=O) groups is 1. The van der Waals surface area contributed by atoms with Crippen LogP contribution in [0.25, 0.3) is 0 Å². The maximum atomic E-state index is 12.3. The van der Waals surface area contributed by atoms with Crippen molar-refractivity contribution in [1.82, 2.24) is 15.1 Å². The van der Waals surface area contributed by atoms with E-state index in [1.165, 1.54) is 12.1 Å². The molecule has 1 N–H and O–H groups in total. The highest BCUT2D eigenvalue weighted by molar-refractivity contribution is 5.92. The van der Waals surface area contributed by atoms with E-state index < -0.39 is 16.7 Å². The second kappa shape index (κ2) is 5.77. The summed E-state index contributed by atoms with van der Waals surface area (Å²) in [5.41, 5.74) is 2.01. The minimum atomic E-state index is -0.664. The molecule has 0 saturated carbocycles. The van der Waals surface area contributed by atoms with E-state index in [0.29, 0.717) is 0 Å². The van der Waals surface area contributed by atoms with Crippen LogP contribution in [0.3, 0.4) is 0 Å². The molecule has 0 fully saturated rings. The zero-order valence-electron chi connectivity index (χ0n) is 13.9. The first kappa shape index (κ1) is 16.2. The molecule has 0 aliphatic heterocycles. The van der Waals surface area contributed by atoms with Crippen LogP contribution in [0.1, 0.15) is 61.5 Å². The lowest BCUT2D eigenvalue weighted by Gasteiger charge is -2.28. The molecule has 8 nitrogen and oxygen atoms in total. The van der Waals surface area contributed by atoms with Crippen molar-refractivity contribution in [3.8, 4) is 0 Å². The Kier molecular flexibility index (Phi) is 3.90. The molecule has 128 valence electrons. The number of hydrogen-bond acceptors (Lipinski definition) is 5. The van der Waals surface area contributed by atoms with Crippen LogP contribution in [-0.2, 0) is 12.0 Å². The van der Waals surface area contributed by atoms with E-state index in [2.05, 4.69) is 31.2 Å². The third-order valence-electron chi connectivity index (χ3n) is 4.12. The van der Waals surface area contributed by atoms with Gasteiger partial charge in [-0.15, -0.1) is 0 Å². The molecule has 0 unspecified atom stereocenters. The van der Waals surface area contributed by atoms with Gasteiger partial charge in [-0.3, -0.25) is 19.6 Å². The van der Waals surface area contributed by atoms with Crippen LogP contribution in [0.2, 0.25) is 0 Å². The molecule has 8 heteroatoms. The van der Waals surface area contributed by atoms with Crippen LogP contribution >= 0.6 is 0 Å². The molecule has 24 heavy (non-hydrogen) atoms. The van der Waals surface area contributed by atoms with E-state index in [1.54, 1.807) is 6.20 Å². The quantitative estimate of drug-likeness (QED) is 0.687. The SMILES string of the molecule is CC(C)(C)n1ncc2c1CCC[C@H]2NC(=O)c1ccc([N+](=O)[O-])o1. The third kappa shape index (κ3) is 2.91. The van der Waals surface area contributed by atoms with Crippen LogP contribution in [-0.4, -0.2) is 20.6 Å². The summed E-state index contributed by atoms with van der Waals surface area (Å²) in [4.78, 5) is 22.3. The molecule has 0 spiro atoms. The van der Waals surface area contributed by atoms with E-state index in [1.807, 2.05) is 4.68 Å². The van der Waals surface area contributed by atoms with E-state index >= 15 is 0 Å². The smallest absolute Gasteiger partial charge is 0.395 e. The van der Waals surface area contributed by atoms with Crippen molar-refractivity contribution >= 4 is 11.8 Å². The molecular weight excluding hydrogens is 312 g/mol. The molecule has 3 rings (SSSR count). The van der Waals surface area contributed by atoms with Gasteiger partial charge < -0.3 is 9.73 Å². The molecule has 2 heterocycles. The number of furan rings is 1. The molecule has 2 aromatic rings. The molecule has 1 aliphatic carbocycles. The molecule has 1 amide bonds. The number of fused-ring (bicyclic) bond motifs is 1. The van der Waals surface area contributed by atoms with Crippen molar-refractivity contribution in [2.75, 3.05) is 0 Å². The first-order valence-electron chi connectivity index (χ1n) is 7.90. The van der Waals surface area contributed by atoms with Gasteiger partial charge in [0.15, 0.2) is 5.76 Å². The number of hydrogen-bond donors (Lipinski definition) is 1. The van der Waals surface area contributed by atoms with Gasteiger partial charge in [0.2, 0.25) is 0 Å². The van der Waals surface area contributed by atoms with Crippen LogP contribution in [0.5, 0.6) is 0 Å². The molecule has 1 atom stereocenters. The summed E-state index contributed by atoms with van der Waals surface area (Å²) in [5, 5.41) is 18.0. The van der Waals surface area contributed by atoms with Gasteiger partial charge >= 0.3 is 5.88 Å².